The first kappa shape index (κ1) is 19.2. The summed E-state index contributed by atoms with van der Waals surface area (Å²) in [7, 11) is 0. The summed E-state index contributed by atoms with van der Waals surface area (Å²) < 4.78 is 10.0. The molecule has 0 amide bonds. The van der Waals surface area contributed by atoms with Crippen molar-refractivity contribution in [3.8, 4) is 16.9 Å². The summed E-state index contributed by atoms with van der Waals surface area (Å²) in [6.45, 7) is 4.36. The second kappa shape index (κ2) is 7.96. The van der Waals surface area contributed by atoms with Crippen LogP contribution in [-0.4, -0.2) is 14.5 Å². The predicted molar refractivity (Wildman–Crippen MR) is 140 cm³/mol. The third kappa shape index (κ3) is 3.29. The fourth-order valence-electron chi connectivity index (χ4n) is 4.81. The first-order chi connectivity index (χ1) is 17.0. The Bertz CT molecular complexity index is 1670. The van der Waals surface area contributed by atoms with Crippen molar-refractivity contribution in [1.29, 1.82) is 0 Å². The average Bonchev–Trinajstić information content (AvgIpc) is 3.23. The highest BCUT2D eigenvalue weighted by molar-refractivity contribution is 6.10. The lowest BCUT2D eigenvalue weighted by Gasteiger charge is -2.25. The van der Waals surface area contributed by atoms with E-state index in [0.717, 1.165) is 33.7 Å². The molecule has 0 saturated heterocycles. The van der Waals surface area contributed by atoms with Crippen LogP contribution in [0, 0.1) is 0 Å². The molecule has 3 aromatic heterocycles. The quantitative estimate of drug-likeness (QED) is 0.283. The van der Waals surface area contributed by atoms with Crippen molar-refractivity contribution < 1.29 is 1.37 Å². The van der Waals surface area contributed by atoms with Gasteiger partial charge in [-0.1, -0.05) is 80.6 Å². The highest BCUT2D eigenvalue weighted by Crippen LogP contribution is 2.36. The van der Waals surface area contributed by atoms with E-state index in [9.17, 15) is 0 Å². The summed E-state index contributed by atoms with van der Waals surface area (Å²) in [4.78, 5) is 9.19. The molecule has 0 atom stereocenters. The molecule has 0 N–H and O–H groups in total. The standard InChI is InChI=1S/C31H25N3/c1-31(2,29-14-5-7-18-32-29)24-11-9-10-22(20-24)23-16-17-26-25-12-3-4-13-27(25)34(28(26)21-23)30-15-6-8-19-33-30/h3-21H,1-2H3/i7D. The molecule has 3 aromatic carbocycles. The summed E-state index contributed by atoms with van der Waals surface area (Å²) in [6, 6.07) is 34.1. The Labute approximate surface area is 200 Å². The molecule has 164 valence electrons. The van der Waals surface area contributed by atoms with Crippen molar-refractivity contribution in [2.45, 2.75) is 19.3 Å². The summed E-state index contributed by atoms with van der Waals surface area (Å²) in [6.07, 6.45) is 3.46. The summed E-state index contributed by atoms with van der Waals surface area (Å²) in [5.74, 6) is 0.912. The third-order valence-corrected chi connectivity index (χ3v) is 6.73. The second-order valence-corrected chi connectivity index (χ2v) is 9.12. The SMILES string of the molecule is [2H]c1ccc(C(C)(C)c2cccc(-c3ccc4c5ccccc5n(-c5ccccn5)c4c3)c2)nc1. The van der Waals surface area contributed by atoms with Gasteiger partial charge in [-0.25, -0.2) is 4.98 Å². The lowest BCUT2D eigenvalue weighted by Crippen LogP contribution is -2.20. The Balaban J connectivity index is 1.51. The minimum Gasteiger partial charge on any atom is -0.294 e. The van der Waals surface area contributed by atoms with E-state index in [0.29, 0.717) is 6.04 Å². The fourth-order valence-corrected chi connectivity index (χ4v) is 4.81. The molecule has 0 saturated carbocycles. The molecule has 0 aliphatic carbocycles. The molecule has 3 heterocycles. The second-order valence-electron chi connectivity index (χ2n) is 9.12. The van der Waals surface area contributed by atoms with Crippen LogP contribution in [0.25, 0.3) is 38.8 Å². The zero-order valence-corrected chi connectivity index (χ0v) is 19.2. The van der Waals surface area contributed by atoms with Gasteiger partial charge >= 0.3 is 0 Å². The van der Waals surface area contributed by atoms with E-state index >= 15 is 0 Å². The van der Waals surface area contributed by atoms with Gasteiger partial charge in [0, 0.05) is 28.6 Å². The maximum absolute atomic E-state index is 7.76. The van der Waals surface area contributed by atoms with Gasteiger partial charge in [-0.3, -0.25) is 9.55 Å². The van der Waals surface area contributed by atoms with Crippen molar-refractivity contribution in [3.05, 3.63) is 127 Å². The molecular weight excluding hydrogens is 414 g/mol. The largest absolute Gasteiger partial charge is 0.294 e. The van der Waals surface area contributed by atoms with E-state index in [1.165, 1.54) is 16.3 Å². The van der Waals surface area contributed by atoms with E-state index in [1.807, 2.05) is 24.4 Å². The molecule has 0 aliphatic rings. The average molecular weight is 441 g/mol. The summed E-state index contributed by atoms with van der Waals surface area (Å²) in [5.41, 5.74) is 6.47. The van der Waals surface area contributed by atoms with Gasteiger partial charge in [0.1, 0.15) is 5.82 Å². The molecule has 0 radical (unpaired) electrons. The fraction of sp³-hybridized carbons (Fsp3) is 0.0968. The number of hydrogen-bond donors (Lipinski definition) is 0. The molecule has 0 unspecified atom stereocenters. The first-order valence-corrected chi connectivity index (χ1v) is 11.5. The normalized spacial score (nSPS) is 12.2. The Morgan fingerprint density at radius 2 is 1.50 bits per heavy atom. The van der Waals surface area contributed by atoms with Gasteiger partial charge in [-0.2, -0.15) is 0 Å². The van der Waals surface area contributed by atoms with Crippen LogP contribution in [-0.2, 0) is 5.41 Å². The van der Waals surface area contributed by atoms with Gasteiger partial charge in [0.2, 0.25) is 0 Å². The Morgan fingerprint density at radius 3 is 2.32 bits per heavy atom. The van der Waals surface area contributed by atoms with Crippen LogP contribution in [0.4, 0.5) is 0 Å². The zero-order chi connectivity index (χ0) is 24.0. The number of fused-ring (bicyclic) bond motifs is 3. The third-order valence-electron chi connectivity index (χ3n) is 6.73. The Morgan fingerprint density at radius 1 is 0.676 bits per heavy atom. The number of benzene rings is 3. The predicted octanol–water partition coefficient (Wildman–Crippen LogP) is 7.57. The van der Waals surface area contributed by atoms with Crippen molar-refractivity contribution in [1.82, 2.24) is 14.5 Å². The van der Waals surface area contributed by atoms with Crippen molar-refractivity contribution in [3.63, 3.8) is 0 Å². The molecule has 3 heteroatoms. The van der Waals surface area contributed by atoms with Crippen LogP contribution in [0.15, 0.2) is 115 Å². The van der Waals surface area contributed by atoms with Crippen LogP contribution in [0.2, 0.25) is 0 Å². The highest BCUT2D eigenvalue weighted by atomic mass is 15.1. The van der Waals surface area contributed by atoms with Crippen LogP contribution in [0.1, 0.15) is 26.5 Å². The van der Waals surface area contributed by atoms with Crippen LogP contribution < -0.4 is 0 Å². The van der Waals surface area contributed by atoms with Crippen molar-refractivity contribution in [2.75, 3.05) is 0 Å². The number of aromatic nitrogens is 3. The van der Waals surface area contributed by atoms with Crippen LogP contribution in [0.3, 0.4) is 0 Å². The molecule has 34 heavy (non-hydrogen) atoms. The zero-order valence-electron chi connectivity index (χ0n) is 20.2. The number of para-hydroxylation sites is 1. The molecular formula is C31H25N3. The minimum absolute atomic E-state index is 0.281. The highest BCUT2D eigenvalue weighted by Gasteiger charge is 2.24. The maximum atomic E-state index is 7.76. The molecule has 0 bridgehead atoms. The maximum Gasteiger partial charge on any atom is 0.137 e. The van der Waals surface area contributed by atoms with E-state index in [-0.39, 0.29) is 5.41 Å². The van der Waals surface area contributed by atoms with Gasteiger partial charge in [-0.05, 0) is 53.1 Å². The smallest absolute Gasteiger partial charge is 0.137 e. The lowest BCUT2D eigenvalue weighted by atomic mass is 9.80. The number of rotatable bonds is 4. The van der Waals surface area contributed by atoms with E-state index in [2.05, 4.69) is 101 Å². The van der Waals surface area contributed by atoms with Crippen molar-refractivity contribution >= 4 is 21.8 Å². The summed E-state index contributed by atoms with van der Waals surface area (Å²) in [5, 5.41) is 2.43. The lowest BCUT2D eigenvalue weighted by molar-refractivity contribution is 0.617. The van der Waals surface area contributed by atoms with E-state index < -0.39 is 0 Å². The van der Waals surface area contributed by atoms with Gasteiger partial charge in [0.25, 0.3) is 0 Å². The molecule has 0 aliphatic heterocycles. The molecule has 6 rings (SSSR count). The summed E-state index contributed by atoms with van der Waals surface area (Å²) >= 11 is 0. The first-order valence-electron chi connectivity index (χ1n) is 12.0. The van der Waals surface area contributed by atoms with E-state index in [1.54, 1.807) is 12.3 Å². The number of nitrogens with zero attached hydrogens (tertiary/aromatic N) is 3. The van der Waals surface area contributed by atoms with Gasteiger partial charge in [0.05, 0.1) is 18.1 Å². The van der Waals surface area contributed by atoms with Gasteiger partial charge in [-0.15, -0.1) is 0 Å². The van der Waals surface area contributed by atoms with E-state index in [4.69, 9.17) is 1.37 Å². The minimum atomic E-state index is -0.281. The van der Waals surface area contributed by atoms with Crippen molar-refractivity contribution in [2.24, 2.45) is 0 Å². The van der Waals surface area contributed by atoms with Crippen LogP contribution >= 0.6 is 0 Å². The molecule has 6 aromatic rings. The topological polar surface area (TPSA) is 30.7 Å². The monoisotopic (exact) mass is 440 g/mol. The van der Waals surface area contributed by atoms with Crippen LogP contribution in [0.5, 0.6) is 0 Å². The Hall–Kier alpha value is -4.24. The Kier molecular flexibility index (Phi) is 4.51. The number of pyridine rings is 2. The number of hydrogen-bond acceptors (Lipinski definition) is 2. The molecule has 0 fully saturated rings. The molecule has 0 spiro atoms. The molecule has 3 nitrogen and oxygen atoms in total. The van der Waals surface area contributed by atoms with Gasteiger partial charge in [0.15, 0.2) is 0 Å². The van der Waals surface area contributed by atoms with Gasteiger partial charge < -0.3 is 0 Å².